The van der Waals surface area contributed by atoms with Crippen LogP contribution in [-0.2, 0) is 0 Å². The highest BCUT2D eigenvalue weighted by atomic mass is 15.4. The zero-order chi connectivity index (χ0) is 9.68. The Hall–Kier alpha value is -1.17. The first-order valence-corrected chi connectivity index (χ1v) is 4.85. The van der Waals surface area contributed by atoms with Crippen LogP contribution in [0, 0.1) is 11.3 Å². The zero-order valence-corrected chi connectivity index (χ0v) is 8.40. The van der Waals surface area contributed by atoms with E-state index in [0.717, 1.165) is 6.54 Å². The van der Waals surface area contributed by atoms with Gasteiger partial charge < -0.3 is 9.80 Å². The number of nitriles is 1. The van der Waals surface area contributed by atoms with Gasteiger partial charge in [0.1, 0.15) is 6.07 Å². The van der Waals surface area contributed by atoms with Gasteiger partial charge in [0.05, 0.1) is 0 Å². The summed E-state index contributed by atoms with van der Waals surface area (Å²) in [6.07, 6.45) is 7.52. The molecule has 1 rings (SSSR count). The minimum Gasteiger partial charge on any atom is -0.347 e. The van der Waals surface area contributed by atoms with Gasteiger partial charge in [-0.05, 0) is 6.42 Å². The summed E-state index contributed by atoms with van der Waals surface area (Å²) >= 11 is 0. The van der Waals surface area contributed by atoms with Crippen molar-refractivity contribution in [1.29, 1.82) is 5.26 Å². The highest BCUT2D eigenvalue weighted by Crippen LogP contribution is 2.13. The summed E-state index contributed by atoms with van der Waals surface area (Å²) in [7, 11) is 1.93. The highest BCUT2D eigenvalue weighted by molar-refractivity contribution is 5.04. The van der Waals surface area contributed by atoms with Crippen LogP contribution in [-0.4, -0.2) is 29.6 Å². The van der Waals surface area contributed by atoms with Gasteiger partial charge in [-0.2, -0.15) is 5.26 Å². The molecule has 0 aromatic rings. The fraction of sp³-hybridized carbons (Fsp3) is 0.700. The van der Waals surface area contributed by atoms with Crippen molar-refractivity contribution in [1.82, 2.24) is 9.80 Å². The van der Waals surface area contributed by atoms with Gasteiger partial charge in [-0.3, -0.25) is 0 Å². The van der Waals surface area contributed by atoms with E-state index >= 15 is 0 Å². The molecular weight excluding hydrogens is 162 g/mol. The molecule has 0 saturated carbocycles. The topological polar surface area (TPSA) is 30.3 Å². The van der Waals surface area contributed by atoms with E-state index in [4.69, 9.17) is 5.26 Å². The summed E-state index contributed by atoms with van der Waals surface area (Å²) in [5, 5.41) is 8.89. The molecule has 0 bridgehead atoms. The van der Waals surface area contributed by atoms with Gasteiger partial charge in [-0.25, -0.2) is 0 Å². The van der Waals surface area contributed by atoms with Crippen LogP contribution in [0.5, 0.6) is 0 Å². The number of hydrogen-bond donors (Lipinski definition) is 0. The first-order valence-electron chi connectivity index (χ1n) is 4.85. The van der Waals surface area contributed by atoms with E-state index in [1.165, 1.54) is 19.3 Å². The standard InChI is InChI=1S/C10H17N3/c1-3-4-5-6-13-8-7-12(2)10(13)9-11/h7-8,10H,3-6H2,1-2H3. The lowest BCUT2D eigenvalue weighted by Crippen LogP contribution is -2.35. The van der Waals surface area contributed by atoms with Crippen LogP contribution in [0.1, 0.15) is 26.2 Å². The van der Waals surface area contributed by atoms with Crippen LogP contribution in [0.25, 0.3) is 0 Å². The van der Waals surface area contributed by atoms with E-state index < -0.39 is 0 Å². The van der Waals surface area contributed by atoms with E-state index in [0.29, 0.717) is 0 Å². The monoisotopic (exact) mass is 179 g/mol. The van der Waals surface area contributed by atoms with E-state index in [1.54, 1.807) is 0 Å². The Kier molecular flexibility index (Phi) is 3.63. The molecule has 13 heavy (non-hydrogen) atoms. The Morgan fingerprint density at radius 2 is 2.15 bits per heavy atom. The molecule has 0 aliphatic carbocycles. The van der Waals surface area contributed by atoms with Gasteiger partial charge in [0.25, 0.3) is 0 Å². The molecule has 0 spiro atoms. The number of rotatable bonds is 4. The maximum absolute atomic E-state index is 8.89. The molecule has 0 N–H and O–H groups in total. The molecule has 0 saturated heterocycles. The maximum Gasteiger partial charge on any atom is 0.191 e. The summed E-state index contributed by atoms with van der Waals surface area (Å²) in [4.78, 5) is 4.03. The van der Waals surface area contributed by atoms with E-state index in [9.17, 15) is 0 Å². The van der Waals surface area contributed by atoms with E-state index in [1.807, 2.05) is 24.3 Å². The molecule has 72 valence electrons. The van der Waals surface area contributed by atoms with Crippen LogP contribution >= 0.6 is 0 Å². The summed E-state index contributed by atoms with van der Waals surface area (Å²) < 4.78 is 0. The molecule has 1 atom stereocenters. The molecule has 3 heteroatoms. The molecule has 1 heterocycles. The molecule has 0 amide bonds. The molecular formula is C10H17N3. The van der Waals surface area contributed by atoms with Crippen molar-refractivity contribution in [3.63, 3.8) is 0 Å². The van der Waals surface area contributed by atoms with Crippen molar-refractivity contribution in [3.8, 4) is 6.07 Å². The Balaban J connectivity index is 2.34. The van der Waals surface area contributed by atoms with Crippen molar-refractivity contribution in [2.75, 3.05) is 13.6 Å². The fourth-order valence-corrected chi connectivity index (χ4v) is 1.49. The maximum atomic E-state index is 8.89. The lowest BCUT2D eigenvalue weighted by atomic mass is 10.2. The first-order chi connectivity index (χ1) is 6.29. The molecule has 1 aliphatic heterocycles. The quantitative estimate of drug-likeness (QED) is 0.616. The van der Waals surface area contributed by atoms with Gasteiger partial charge in [0, 0.05) is 26.0 Å². The van der Waals surface area contributed by atoms with Crippen LogP contribution in [0.15, 0.2) is 12.4 Å². The van der Waals surface area contributed by atoms with Crippen molar-refractivity contribution >= 4 is 0 Å². The zero-order valence-electron chi connectivity index (χ0n) is 8.40. The van der Waals surface area contributed by atoms with Crippen LogP contribution in [0.2, 0.25) is 0 Å². The number of hydrogen-bond acceptors (Lipinski definition) is 3. The Bertz CT molecular complexity index is 217. The normalized spacial score (nSPS) is 20.8. The highest BCUT2D eigenvalue weighted by Gasteiger charge is 2.21. The SMILES string of the molecule is CCCCCN1C=CN(C)C1C#N. The summed E-state index contributed by atoms with van der Waals surface area (Å²) in [5.74, 6) is 0. The van der Waals surface area contributed by atoms with Gasteiger partial charge in [-0.1, -0.05) is 19.8 Å². The fourth-order valence-electron chi connectivity index (χ4n) is 1.49. The Morgan fingerprint density at radius 1 is 1.38 bits per heavy atom. The minimum atomic E-state index is -0.0862. The third-order valence-electron chi connectivity index (χ3n) is 2.33. The summed E-state index contributed by atoms with van der Waals surface area (Å²) in [5.41, 5.74) is 0. The van der Waals surface area contributed by atoms with Crippen LogP contribution in [0.3, 0.4) is 0 Å². The molecule has 1 unspecified atom stereocenters. The second-order valence-electron chi connectivity index (χ2n) is 3.41. The second kappa shape index (κ2) is 4.76. The van der Waals surface area contributed by atoms with E-state index in [2.05, 4.69) is 17.9 Å². The predicted octanol–water partition coefficient (Wildman–Crippen LogP) is 1.74. The molecule has 0 radical (unpaired) electrons. The summed E-state index contributed by atoms with van der Waals surface area (Å²) in [6.45, 7) is 3.18. The third kappa shape index (κ3) is 2.38. The third-order valence-corrected chi connectivity index (χ3v) is 2.33. The van der Waals surface area contributed by atoms with Crippen molar-refractivity contribution in [3.05, 3.63) is 12.4 Å². The lowest BCUT2D eigenvalue weighted by molar-refractivity contribution is 0.226. The average molecular weight is 179 g/mol. The number of nitrogens with zero attached hydrogens (tertiary/aromatic N) is 3. The van der Waals surface area contributed by atoms with Crippen molar-refractivity contribution in [2.45, 2.75) is 32.4 Å². The van der Waals surface area contributed by atoms with Gasteiger partial charge in [0.2, 0.25) is 0 Å². The van der Waals surface area contributed by atoms with Gasteiger partial charge in [0.15, 0.2) is 6.17 Å². The minimum absolute atomic E-state index is 0.0862. The van der Waals surface area contributed by atoms with Crippen molar-refractivity contribution < 1.29 is 0 Å². The van der Waals surface area contributed by atoms with Crippen LogP contribution < -0.4 is 0 Å². The predicted molar refractivity (Wildman–Crippen MR) is 52.5 cm³/mol. The van der Waals surface area contributed by atoms with E-state index in [-0.39, 0.29) is 6.17 Å². The average Bonchev–Trinajstić information content (AvgIpc) is 2.47. The smallest absolute Gasteiger partial charge is 0.191 e. The van der Waals surface area contributed by atoms with Gasteiger partial charge in [-0.15, -0.1) is 0 Å². The molecule has 3 nitrogen and oxygen atoms in total. The first kappa shape index (κ1) is 9.91. The van der Waals surface area contributed by atoms with Crippen molar-refractivity contribution in [2.24, 2.45) is 0 Å². The lowest BCUT2D eigenvalue weighted by Gasteiger charge is -2.24. The molecule has 1 aliphatic rings. The van der Waals surface area contributed by atoms with Gasteiger partial charge >= 0.3 is 0 Å². The summed E-state index contributed by atoms with van der Waals surface area (Å²) in [6, 6.07) is 2.28. The molecule has 0 fully saturated rings. The Labute approximate surface area is 80.2 Å². The second-order valence-corrected chi connectivity index (χ2v) is 3.41. The van der Waals surface area contributed by atoms with Crippen LogP contribution in [0.4, 0.5) is 0 Å². The largest absolute Gasteiger partial charge is 0.347 e. The number of unbranched alkanes of at least 4 members (excludes halogenated alkanes) is 2. The molecule has 0 aromatic carbocycles. The molecule has 0 aromatic heterocycles. The Morgan fingerprint density at radius 3 is 2.77 bits per heavy atom.